The maximum Gasteiger partial charge on any atom is 0.308 e. The van der Waals surface area contributed by atoms with E-state index in [0.717, 1.165) is 54.6 Å². The molecule has 362 valence electrons. The lowest BCUT2D eigenvalue weighted by atomic mass is 9.78. The Morgan fingerprint density at radius 1 is 0.667 bits per heavy atom. The van der Waals surface area contributed by atoms with Crippen LogP contribution >= 0.6 is 0 Å². The van der Waals surface area contributed by atoms with Crippen molar-refractivity contribution in [1.29, 1.82) is 0 Å². The van der Waals surface area contributed by atoms with Crippen LogP contribution in [0.5, 0.6) is 5.75 Å². The second-order valence-corrected chi connectivity index (χ2v) is 21.4. The zero-order chi connectivity index (χ0) is 45.2. The molecule has 12 fully saturated rings. The first-order chi connectivity index (χ1) is 31.9. The Hall–Kier alpha value is -2.51. The number of benzene rings is 1. The number of fused-ring (bicyclic) bond motifs is 7. The van der Waals surface area contributed by atoms with Crippen molar-refractivity contribution in [1.82, 2.24) is 0 Å². The Morgan fingerprint density at radius 2 is 1.44 bits per heavy atom. The van der Waals surface area contributed by atoms with Crippen LogP contribution in [0.15, 0.2) is 48.6 Å². The van der Waals surface area contributed by atoms with Crippen molar-refractivity contribution >= 4 is 5.97 Å². The van der Waals surface area contributed by atoms with Crippen LogP contribution in [0.4, 0.5) is 0 Å². The molecule has 0 aromatic heterocycles. The van der Waals surface area contributed by atoms with Crippen molar-refractivity contribution < 1.29 is 71.1 Å². The zero-order valence-corrected chi connectivity index (χ0v) is 39.0. The fourth-order valence-corrected chi connectivity index (χ4v) is 13.7. The van der Waals surface area contributed by atoms with E-state index in [-0.39, 0.29) is 79.0 Å². The molecule has 12 aliphatic heterocycles. The first-order valence-electron chi connectivity index (χ1n) is 24.9. The molecule has 1 aromatic carbocycles. The average molecular weight is 921 g/mol. The van der Waals surface area contributed by atoms with Crippen LogP contribution < -0.4 is 4.74 Å². The number of carbonyl (C=O) groups is 1. The average Bonchev–Trinajstić information content (AvgIpc) is 3.98. The van der Waals surface area contributed by atoms with Crippen LogP contribution in [-0.4, -0.2) is 142 Å². The van der Waals surface area contributed by atoms with Crippen molar-refractivity contribution in [3.63, 3.8) is 0 Å². The van der Waals surface area contributed by atoms with Crippen LogP contribution in [-0.2, 0) is 66.4 Å². The number of carbonyl (C=O) groups excluding carboxylic acids is 1. The highest BCUT2D eigenvalue weighted by Gasteiger charge is 2.83. The molecule has 2 spiro atoms. The van der Waals surface area contributed by atoms with Gasteiger partial charge in [-0.2, -0.15) is 0 Å². The van der Waals surface area contributed by atoms with Crippen molar-refractivity contribution in [3.05, 3.63) is 54.1 Å². The van der Waals surface area contributed by atoms with Gasteiger partial charge in [0.15, 0.2) is 12.4 Å². The lowest BCUT2D eigenvalue weighted by molar-refractivity contribution is -0.329. The molecule has 23 atom stereocenters. The Labute approximate surface area is 387 Å². The summed E-state index contributed by atoms with van der Waals surface area (Å²) in [7, 11) is 3.34. The van der Waals surface area contributed by atoms with Crippen LogP contribution in [0.25, 0.3) is 0 Å². The lowest BCUT2D eigenvalue weighted by Gasteiger charge is -2.51. The maximum absolute atomic E-state index is 14.4. The van der Waals surface area contributed by atoms with Gasteiger partial charge in [-0.05, 0) is 86.5 Å². The topological polar surface area (TPSA) is 146 Å². The fraction of sp³-hybridized carbons (Fsp3) is 0.784. The summed E-state index contributed by atoms with van der Waals surface area (Å²) in [6.45, 7) is 16.1. The fourth-order valence-electron chi connectivity index (χ4n) is 13.7. The van der Waals surface area contributed by atoms with E-state index in [0.29, 0.717) is 38.7 Å². The Bertz CT molecular complexity index is 2010. The maximum atomic E-state index is 14.4. The third-order valence-corrected chi connectivity index (χ3v) is 17.2. The molecule has 15 nitrogen and oxygen atoms in total. The molecule has 0 aliphatic carbocycles. The highest BCUT2D eigenvalue weighted by atomic mass is 16.9. The van der Waals surface area contributed by atoms with Gasteiger partial charge in [-0.15, -0.1) is 0 Å². The van der Waals surface area contributed by atoms with Crippen LogP contribution in [0.1, 0.15) is 103 Å². The highest BCUT2D eigenvalue weighted by molar-refractivity contribution is 5.70. The van der Waals surface area contributed by atoms with Crippen LogP contribution in [0.2, 0.25) is 0 Å². The SMILES string of the molecule is C=C1CC2CC[C@@]34OC5[C@H]6O[C@H](CC[C@@H]6O[C@H]6C(O3)[C@]3(O[C@@H](c7ccc(OC)cc7)O[C@@H]43)O[C@@H]56)CC(=O)O[C@@H]3[C@@H](C)[C@@H]4O[C@H](COC)[C@H](C)C[C@@H]4O[C@H]3CC3O[C@@H](CCC1O2)C[C@@H](C)C3=C. The predicted octanol–water partition coefficient (Wildman–Crippen LogP) is 6.19. The van der Waals surface area contributed by atoms with Gasteiger partial charge in [0.1, 0.15) is 42.4 Å². The first-order valence-corrected chi connectivity index (χ1v) is 24.9. The van der Waals surface area contributed by atoms with Gasteiger partial charge in [-0.3, -0.25) is 4.79 Å². The molecule has 12 bridgehead atoms. The summed E-state index contributed by atoms with van der Waals surface area (Å²) >= 11 is 0. The number of ether oxygens (including phenoxy) is 14. The largest absolute Gasteiger partial charge is 0.497 e. The Kier molecular flexibility index (Phi) is 11.6. The number of hydrogen-bond donors (Lipinski definition) is 0. The van der Waals surface area contributed by atoms with Crippen LogP contribution in [0.3, 0.4) is 0 Å². The van der Waals surface area contributed by atoms with Gasteiger partial charge in [0, 0.05) is 31.4 Å². The third-order valence-electron chi connectivity index (χ3n) is 17.2. The molecule has 0 amide bonds. The molecule has 0 radical (unpaired) electrons. The molecular formula is C51H68O15. The molecule has 5 unspecified atom stereocenters. The van der Waals surface area contributed by atoms with Gasteiger partial charge >= 0.3 is 5.97 Å². The predicted molar refractivity (Wildman–Crippen MR) is 232 cm³/mol. The number of rotatable bonds is 4. The van der Waals surface area contributed by atoms with Crippen LogP contribution in [0, 0.1) is 17.8 Å². The van der Waals surface area contributed by atoms with Crippen molar-refractivity contribution in [2.45, 2.75) is 213 Å². The molecule has 66 heavy (non-hydrogen) atoms. The molecule has 12 saturated heterocycles. The van der Waals surface area contributed by atoms with E-state index in [1.165, 1.54) is 0 Å². The van der Waals surface area contributed by atoms with Gasteiger partial charge in [0.25, 0.3) is 0 Å². The van der Waals surface area contributed by atoms with Gasteiger partial charge in [0.05, 0.1) is 81.2 Å². The van der Waals surface area contributed by atoms with E-state index in [1.54, 1.807) is 14.2 Å². The minimum absolute atomic E-state index is 0.00357. The van der Waals surface area contributed by atoms with Gasteiger partial charge in [-0.25, -0.2) is 0 Å². The Balaban J connectivity index is 0.853. The highest BCUT2D eigenvalue weighted by Crippen LogP contribution is 2.64. The second kappa shape index (κ2) is 17.1. The van der Waals surface area contributed by atoms with E-state index < -0.39 is 72.8 Å². The van der Waals surface area contributed by atoms with Gasteiger partial charge in [0.2, 0.25) is 11.6 Å². The Morgan fingerprint density at radius 3 is 2.26 bits per heavy atom. The van der Waals surface area contributed by atoms with E-state index in [2.05, 4.69) is 33.9 Å². The summed E-state index contributed by atoms with van der Waals surface area (Å²) in [5.74, 6) is -1.82. The number of hydrogen-bond acceptors (Lipinski definition) is 15. The third kappa shape index (κ3) is 7.39. The summed E-state index contributed by atoms with van der Waals surface area (Å²) in [6, 6.07) is 7.67. The normalized spacial score (nSPS) is 51.9. The minimum atomic E-state index is -1.28. The first kappa shape index (κ1) is 44.7. The zero-order valence-electron chi connectivity index (χ0n) is 39.0. The standard InChI is InChI=1S/C51H68O15/c1-24-18-31-12-14-34-25(2)19-33(55-34)16-17-50-49-51(66-48(62-49)29-8-10-30(54-7)11-9-29)47(65-50)46-45(64-51)44(63-50)43-35(59-46)15-13-32(57-43)21-40(52)61-42-28(5)41-37(20-26(3)39(60-41)23-53-6)58-38(42)22-36(56-31)27(24)4/h8-11,24,26,28,31-39,41-49H,2,4,12-23H2,1,3,5-7H3/t24-,26-,28+,31+,32-,33?,34?,35+,36?,37+,38+,39-,41+,42-,43+,44?,45+,46-,47?,48+,49+,50-,51-/m1/s1. The van der Waals surface area contributed by atoms with E-state index in [4.69, 9.17) is 66.3 Å². The number of esters is 1. The van der Waals surface area contributed by atoms with E-state index in [9.17, 15) is 4.79 Å². The molecule has 13 rings (SSSR count). The van der Waals surface area contributed by atoms with Gasteiger partial charge in [-0.1, -0.05) is 46.1 Å². The van der Waals surface area contributed by atoms with Gasteiger partial charge < -0.3 is 66.3 Å². The molecule has 15 heteroatoms. The molecule has 0 N–H and O–H groups in total. The van der Waals surface area contributed by atoms with E-state index in [1.807, 2.05) is 24.3 Å². The molecule has 1 aromatic rings. The monoisotopic (exact) mass is 920 g/mol. The van der Waals surface area contributed by atoms with E-state index >= 15 is 0 Å². The van der Waals surface area contributed by atoms with Crippen molar-refractivity contribution in [3.8, 4) is 5.75 Å². The second-order valence-electron chi connectivity index (χ2n) is 21.4. The summed E-state index contributed by atoms with van der Waals surface area (Å²) < 4.78 is 94.2. The molecular weight excluding hydrogens is 853 g/mol. The van der Waals surface area contributed by atoms with Crippen molar-refractivity contribution in [2.24, 2.45) is 17.8 Å². The quantitative estimate of drug-likeness (QED) is 0.250. The summed E-state index contributed by atoms with van der Waals surface area (Å²) in [4.78, 5) is 14.4. The molecule has 12 heterocycles. The summed E-state index contributed by atoms with van der Waals surface area (Å²) in [6.07, 6.45) is 0.0286. The molecule has 12 aliphatic rings. The number of methoxy groups -OCH3 is 2. The lowest BCUT2D eigenvalue weighted by Crippen LogP contribution is -2.63. The van der Waals surface area contributed by atoms with Crippen molar-refractivity contribution in [2.75, 3.05) is 20.8 Å². The summed E-state index contributed by atoms with van der Waals surface area (Å²) in [5, 5.41) is 0. The minimum Gasteiger partial charge on any atom is -0.497 e. The summed E-state index contributed by atoms with van der Waals surface area (Å²) in [5.41, 5.74) is 2.97. The molecule has 0 saturated carbocycles. The smallest absolute Gasteiger partial charge is 0.308 e.